The first-order valence-corrected chi connectivity index (χ1v) is 5.50. The van der Waals surface area contributed by atoms with Crippen molar-refractivity contribution >= 4 is 11.8 Å². The van der Waals surface area contributed by atoms with Crippen LogP contribution in [0.3, 0.4) is 0 Å². The maximum absolute atomic E-state index is 5.40. The number of hydrogen-bond acceptors (Lipinski definition) is 4. The molecule has 13 heavy (non-hydrogen) atoms. The minimum atomic E-state index is 0.800. The van der Waals surface area contributed by atoms with Crippen molar-refractivity contribution in [3.8, 4) is 0 Å². The van der Waals surface area contributed by atoms with E-state index in [0.29, 0.717) is 0 Å². The Hall–Kier alpha value is -0.550. The largest absolute Gasteiger partial charge is 0.330 e. The lowest BCUT2D eigenvalue weighted by atomic mass is 10.2. The van der Waals surface area contributed by atoms with Crippen LogP contribution in [0.25, 0.3) is 0 Å². The van der Waals surface area contributed by atoms with Crippen molar-refractivity contribution in [2.75, 3.05) is 12.3 Å². The van der Waals surface area contributed by atoms with Crippen LogP contribution in [0.2, 0.25) is 0 Å². The van der Waals surface area contributed by atoms with E-state index in [4.69, 9.17) is 5.73 Å². The minimum absolute atomic E-state index is 0.800. The summed E-state index contributed by atoms with van der Waals surface area (Å²) in [6.45, 7) is 0.800. The first-order valence-electron chi connectivity index (χ1n) is 4.51. The van der Waals surface area contributed by atoms with Crippen molar-refractivity contribution < 1.29 is 0 Å². The number of nitrogens with two attached hydrogens (primary N) is 1. The Morgan fingerprint density at radius 3 is 2.92 bits per heavy atom. The molecule has 1 rings (SSSR count). The fourth-order valence-corrected chi connectivity index (χ4v) is 1.89. The van der Waals surface area contributed by atoms with Crippen molar-refractivity contribution in [2.24, 2.45) is 12.8 Å². The second-order valence-electron chi connectivity index (χ2n) is 2.86. The zero-order valence-corrected chi connectivity index (χ0v) is 8.76. The zero-order valence-electron chi connectivity index (χ0n) is 7.94. The summed E-state index contributed by atoms with van der Waals surface area (Å²) in [4.78, 5) is 4.12. The lowest BCUT2D eigenvalue weighted by molar-refractivity contribution is 0.682. The molecule has 0 aliphatic carbocycles. The third kappa shape index (κ3) is 3.78. The molecule has 0 aromatic carbocycles. The fourth-order valence-electron chi connectivity index (χ4n) is 1.00. The lowest BCUT2D eigenvalue weighted by Gasteiger charge is -1.99. The van der Waals surface area contributed by atoms with Crippen LogP contribution in [0.4, 0.5) is 0 Å². The highest BCUT2D eigenvalue weighted by Crippen LogP contribution is 2.15. The van der Waals surface area contributed by atoms with E-state index in [2.05, 4.69) is 10.1 Å². The molecule has 1 heterocycles. The average molecular weight is 200 g/mol. The van der Waals surface area contributed by atoms with Crippen LogP contribution in [-0.2, 0) is 7.05 Å². The molecule has 0 aliphatic heterocycles. The van der Waals surface area contributed by atoms with Crippen molar-refractivity contribution in [3.05, 3.63) is 6.33 Å². The third-order valence-electron chi connectivity index (χ3n) is 1.75. The van der Waals surface area contributed by atoms with Gasteiger partial charge >= 0.3 is 0 Å². The summed E-state index contributed by atoms with van der Waals surface area (Å²) in [5.74, 6) is 1.10. The second kappa shape index (κ2) is 5.99. The summed E-state index contributed by atoms with van der Waals surface area (Å²) in [5, 5.41) is 4.99. The SMILES string of the molecule is Cn1ncnc1SCCCCCN. The van der Waals surface area contributed by atoms with Gasteiger partial charge in [0.1, 0.15) is 6.33 Å². The maximum atomic E-state index is 5.40. The smallest absolute Gasteiger partial charge is 0.185 e. The summed E-state index contributed by atoms with van der Waals surface area (Å²) >= 11 is 1.75. The molecule has 74 valence electrons. The molecule has 0 amide bonds. The van der Waals surface area contributed by atoms with Gasteiger partial charge in [-0.2, -0.15) is 5.10 Å². The van der Waals surface area contributed by atoms with Gasteiger partial charge in [-0.05, 0) is 19.4 Å². The van der Waals surface area contributed by atoms with E-state index in [1.54, 1.807) is 22.8 Å². The van der Waals surface area contributed by atoms with Crippen LogP contribution < -0.4 is 5.73 Å². The van der Waals surface area contributed by atoms with E-state index in [9.17, 15) is 0 Å². The topological polar surface area (TPSA) is 56.7 Å². The first-order chi connectivity index (χ1) is 6.34. The summed E-state index contributed by atoms with van der Waals surface area (Å²) in [5.41, 5.74) is 5.40. The molecular weight excluding hydrogens is 184 g/mol. The number of unbranched alkanes of at least 4 members (excludes halogenated alkanes) is 2. The molecule has 5 heteroatoms. The molecule has 0 fully saturated rings. The van der Waals surface area contributed by atoms with E-state index < -0.39 is 0 Å². The van der Waals surface area contributed by atoms with Crippen LogP contribution in [0.5, 0.6) is 0 Å². The molecule has 0 radical (unpaired) electrons. The van der Waals surface area contributed by atoms with Gasteiger partial charge in [0.25, 0.3) is 0 Å². The Labute approximate surface area is 82.9 Å². The second-order valence-corrected chi connectivity index (χ2v) is 3.93. The maximum Gasteiger partial charge on any atom is 0.185 e. The Morgan fingerprint density at radius 2 is 2.31 bits per heavy atom. The number of hydrogen-bond donors (Lipinski definition) is 1. The first kappa shape index (κ1) is 10.5. The van der Waals surface area contributed by atoms with E-state index >= 15 is 0 Å². The van der Waals surface area contributed by atoms with Gasteiger partial charge in [0, 0.05) is 12.8 Å². The Balaban J connectivity index is 2.10. The van der Waals surface area contributed by atoms with Gasteiger partial charge in [0.2, 0.25) is 0 Å². The molecule has 0 atom stereocenters. The van der Waals surface area contributed by atoms with Crippen molar-refractivity contribution in [3.63, 3.8) is 0 Å². The van der Waals surface area contributed by atoms with E-state index in [-0.39, 0.29) is 0 Å². The lowest BCUT2D eigenvalue weighted by Crippen LogP contribution is -1.98. The van der Waals surface area contributed by atoms with Crippen LogP contribution in [-0.4, -0.2) is 27.1 Å². The van der Waals surface area contributed by atoms with Crippen LogP contribution in [0.15, 0.2) is 11.5 Å². The Kier molecular flexibility index (Phi) is 4.85. The predicted octanol–water partition coefficient (Wildman–Crippen LogP) is 1.04. The molecule has 0 saturated heterocycles. The highest BCUT2D eigenvalue weighted by Gasteiger charge is 1.99. The van der Waals surface area contributed by atoms with Gasteiger partial charge in [-0.15, -0.1) is 0 Å². The van der Waals surface area contributed by atoms with E-state index in [1.807, 2.05) is 7.05 Å². The number of aromatic nitrogens is 3. The minimum Gasteiger partial charge on any atom is -0.330 e. The summed E-state index contributed by atoms with van der Waals surface area (Å²) < 4.78 is 1.80. The van der Waals surface area contributed by atoms with Crippen molar-refractivity contribution in [1.82, 2.24) is 14.8 Å². The van der Waals surface area contributed by atoms with Gasteiger partial charge in [0.15, 0.2) is 5.16 Å². The molecule has 0 aliphatic rings. The normalized spacial score (nSPS) is 10.6. The van der Waals surface area contributed by atoms with Crippen molar-refractivity contribution in [1.29, 1.82) is 0 Å². The predicted molar refractivity (Wildman–Crippen MR) is 54.6 cm³/mol. The molecular formula is C8H16N4S. The highest BCUT2D eigenvalue weighted by atomic mass is 32.2. The van der Waals surface area contributed by atoms with Crippen LogP contribution >= 0.6 is 11.8 Å². The molecule has 0 saturated carbocycles. The van der Waals surface area contributed by atoms with E-state index in [1.165, 1.54) is 12.8 Å². The molecule has 0 unspecified atom stereocenters. The average Bonchev–Trinajstić information content (AvgIpc) is 2.52. The standard InChI is InChI=1S/C8H16N4S/c1-12-8(10-7-11-12)13-6-4-2-3-5-9/h7H,2-6,9H2,1H3. The number of thioether (sulfide) groups is 1. The molecule has 0 bridgehead atoms. The van der Waals surface area contributed by atoms with Crippen molar-refractivity contribution in [2.45, 2.75) is 24.4 Å². The number of rotatable bonds is 6. The number of nitrogens with zero attached hydrogens (tertiary/aromatic N) is 3. The van der Waals surface area contributed by atoms with Gasteiger partial charge in [-0.1, -0.05) is 18.2 Å². The van der Waals surface area contributed by atoms with Gasteiger partial charge in [0.05, 0.1) is 0 Å². The Bertz CT molecular complexity index is 236. The van der Waals surface area contributed by atoms with Gasteiger partial charge in [-0.25, -0.2) is 9.67 Å². The quantitative estimate of drug-likeness (QED) is 0.550. The van der Waals surface area contributed by atoms with Crippen LogP contribution in [0, 0.1) is 0 Å². The highest BCUT2D eigenvalue weighted by molar-refractivity contribution is 7.99. The van der Waals surface area contributed by atoms with Gasteiger partial charge in [-0.3, -0.25) is 0 Å². The molecule has 4 nitrogen and oxygen atoms in total. The summed E-state index contributed by atoms with van der Waals surface area (Å²) in [6.07, 6.45) is 5.12. The van der Waals surface area contributed by atoms with Crippen LogP contribution in [0.1, 0.15) is 19.3 Å². The molecule has 1 aromatic heterocycles. The molecule has 1 aromatic rings. The summed E-state index contributed by atoms with van der Waals surface area (Å²) in [7, 11) is 1.91. The fraction of sp³-hybridized carbons (Fsp3) is 0.750. The zero-order chi connectivity index (χ0) is 9.52. The van der Waals surface area contributed by atoms with Gasteiger partial charge < -0.3 is 5.73 Å². The summed E-state index contributed by atoms with van der Waals surface area (Å²) in [6, 6.07) is 0. The molecule has 0 spiro atoms. The molecule has 2 N–H and O–H groups in total. The number of aryl methyl sites for hydroxylation is 1. The van der Waals surface area contributed by atoms with E-state index in [0.717, 1.165) is 23.9 Å². The third-order valence-corrected chi connectivity index (χ3v) is 2.87. The monoisotopic (exact) mass is 200 g/mol. The Morgan fingerprint density at radius 1 is 1.46 bits per heavy atom.